The van der Waals surface area contributed by atoms with Crippen molar-refractivity contribution in [3.8, 4) is 0 Å². The quantitative estimate of drug-likeness (QED) is 0.852. The van der Waals surface area contributed by atoms with Crippen molar-refractivity contribution in [1.29, 1.82) is 0 Å². The lowest BCUT2D eigenvalue weighted by molar-refractivity contribution is 0.0809. The van der Waals surface area contributed by atoms with Crippen LogP contribution in [0, 0.1) is 0 Å². The van der Waals surface area contributed by atoms with Crippen molar-refractivity contribution < 1.29 is 14.3 Å². The van der Waals surface area contributed by atoms with Gasteiger partial charge in [0.1, 0.15) is 6.61 Å². The van der Waals surface area contributed by atoms with E-state index >= 15 is 0 Å². The summed E-state index contributed by atoms with van der Waals surface area (Å²) in [5.41, 5.74) is 2.70. The molecule has 2 aliphatic heterocycles. The first-order valence-electron chi connectivity index (χ1n) is 10.2. The Bertz CT molecular complexity index is 850. The number of anilines is 1. The van der Waals surface area contributed by atoms with Gasteiger partial charge in [-0.1, -0.05) is 44.2 Å². The van der Waals surface area contributed by atoms with Gasteiger partial charge in [-0.05, 0) is 18.4 Å². The fourth-order valence-electron chi connectivity index (χ4n) is 3.94. The molecule has 1 amide bonds. The Morgan fingerprint density at radius 1 is 1.28 bits per heavy atom. The average Bonchev–Trinajstić information content (AvgIpc) is 2.72. The monoisotopic (exact) mass is 396 g/mol. The molecular formula is C22H28N4O3. The zero-order valence-corrected chi connectivity index (χ0v) is 17.1. The molecule has 1 fully saturated rings. The van der Waals surface area contributed by atoms with E-state index in [2.05, 4.69) is 24.1 Å². The summed E-state index contributed by atoms with van der Waals surface area (Å²) in [5.74, 6) is 0.617. The molecule has 1 aromatic heterocycles. The van der Waals surface area contributed by atoms with Crippen molar-refractivity contribution in [2.45, 2.75) is 51.3 Å². The molecule has 2 aliphatic rings. The number of carbonyl (C=O) groups excluding carboxylic acids is 1. The van der Waals surface area contributed by atoms with Gasteiger partial charge >= 0.3 is 6.09 Å². The normalized spacial score (nSPS) is 18.8. The van der Waals surface area contributed by atoms with Crippen molar-refractivity contribution in [1.82, 2.24) is 14.9 Å². The number of hydrogen-bond acceptors (Lipinski definition) is 6. The highest BCUT2D eigenvalue weighted by Gasteiger charge is 2.36. The summed E-state index contributed by atoms with van der Waals surface area (Å²) in [7, 11) is 0. The second-order valence-electron chi connectivity index (χ2n) is 8.37. The van der Waals surface area contributed by atoms with Gasteiger partial charge in [-0.2, -0.15) is 0 Å². The van der Waals surface area contributed by atoms with Gasteiger partial charge in [-0.25, -0.2) is 14.8 Å². The minimum absolute atomic E-state index is 0.240. The van der Waals surface area contributed by atoms with Crippen LogP contribution in [0.4, 0.5) is 10.7 Å². The molecule has 154 valence electrons. The summed E-state index contributed by atoms with van der Waals surface area (Å²) in [5, 5.41) is 3.41. The average molecular weight is 396 g/mol. The molecule has 1 N–H and O–H groups in total. The molecule has 0 spiro atoms. The number of carbonyl (C=O) groups is 1. The number of aromatic nitrogens is 2. The van der Waals surface area contributed by atoms with Crippen LogP contribution in [-0.2, 0) is 28.0 Å². The highest BCUT2D eigenvalue weighted by molar-refractivity contribution is 5.68. The van der Waals surface area contributed by atoms with E-state index in [4.69, 9.17) is 14.5 Å². The molecule has 4 rings (SSSR count). The summed E-state index contributed by atoms with van der Waals surface area (Å²) < 4.78 is 11.0. The number of hydrogen-bond donors (Lipinski definition) is 1. The third-order valence-electron chi connectivity index (χ3n) is 5.54. The summed E-state index contributed by atoms with van der Waals surface area (Å²) in [6.45, 7) is 7.01. The van der Waals surface area contributed by atoms with Gasteiger partial charge in [0, 0.05) is 43.0 Å². The van der Waals surface area contributed by atoms with E-state index in [0.29, 0.717) is 25.1 Å². The van der Waals surface area contributed by atoms with Crippen LogP contribution in [0.25, 0.3) is 0 Å². The molecule has 0 aliphatic carbocycles. The Labute approximate surface area is 171 Å². The van der Waals surface area contributed by atoms with Gasteiger partial charge in [-0.15, -0.1) is 0 Å². The fourth-order valence-corrected chi connectivity index (χ4v) is 3.94. The number of benzene rings is 1. The maximum atomic E-state index is 12.7. The molecule has 1 saturated heterocycles. The lowest BCUT2D eigenvalue weighted by atomic mass is 9.81. The molecule has 1 aromatic carbocycles. The molecule has 0 unspecified atom stereocenters. The number of ether oxygens (including phenoxy) is 2. The van der Waals surface area contributed by atoms with E-state index < -0.39 is 0 Å². The van der Waals surface area contributed by atoms with E-state index in [1.807, 2.05) is 36.5 Å². The Hall–Kier alpha value is -2.67. The number of nitrogens with zero attached hydrogens (tertiary/aromatic N) is 3. The summed E-state index contributed by atoms with van der Waals surface area (Å²) in [6.07, 6.45) is 3.48. The van der Waals surface area contributed by atoms with Crippen molar-refractivity contribution in [2.24, 2.45) is 0 Å². The van der Waals surface area contributed by atoms with Crippen molar-refractivity contribution in [3.63, 3.8) is 0 Å². The van der Waals surface area contributed by atoms with E-state index in [9.17, 15) is 4.79 Å². The summed E-state index contributed by atoms with van der Waals surface area (Å²) in [4.78, 5) is 23.7. The van der Waals surface area contributed by atoms with Crippen LogP contribution in [0.2, 0.25) is 0 Å². The first kappa shape index (κ1) is 19.6. The first-order chi connectivity index (χ1) is 14.0. The predicted octanol–water partition coefficient (Wildman–Crippen LogP) is 3.50. The largest absolute Gasteiger partial charge is 0.445 e. The Morgan fingerprint density at radius 3 is 2.79 bits per heavy atom. The Morgan fingerprint density at radius 2 is 2.03 bits per heavy atom. The SMILES string of the molecule is CC1(C)CN(C(=O)OCc2ccccc2)Cc2nc(NC3CCOCC3)ncc21. The van der Waals surface area contributed by atoms with Gasteiger partial charge < -0.3 is 19.7 Å². The number of nitrogens with one attached hydrogen (secondary N) is 1. The van der Waals surface area contributed by atoms with Crippen LogP contribution in [0.5, 0.6) is 0 Å². The standard InChI is InChI=1S/C22H28N4O3/c1-22(2)15-26(21(27)29-14-16-6-4-3-5-7-16)13-19-18(22)12-23-20(25-19)24-17-8-10-28-11-9-17/h3-7,12,17H,8-11,13-15H2,1-2H3,(H,23,24,25). The van der Waals surface area contributed by atoms with Gasteiger partial charge in [-0.3, -0.25) is 0 Å². The van der Waals surface area contributed by atoms with Crippen LogP contribution >= 0.6 is 0 Å². The molecule has 7 nitrogen and oxygen atoms in total. The molecule has 0 radical (unpaired) electrons. The molecule has 3 heterocycles. The Balaban J connectivity index is 1.45. The first-order valence-corrected chi connectivity index (χ1v) is 10.2. The second kappa shape index (κ2) is 8.37. The number of fused-ring (bicyclic) bond motifs is 1. The maximum absolute atomic E-state index is 12.7. The zero-order chi connectivity index (χ0) is 20.3. The van der Waals surface area contributed by atoms with Gasteiger partial charge in [0.25, 0.3) is 0 Å². The second-order valence-corrected chi connectivity index (χ2v) is 8.37. The van der Waals surface area contributed by atoms with Gasteiger partial charge in [0.15, 0.2) is 0 Å². The molecule has 0 saturated carbocycles. The zero-order valence-electron chi connectivity index (χ0n) is 17.1. The summed E-state index contributed by atoms with van der Waals surface area (Å²) in [6, 6.07) is 10.0. The van der Waals surface area contributed by atoms with E-state index in [-0.39, 0.29) is 18.1 Å². The minimum atomic E-state index is -0.315. The van der Waals surface area contributed by atoms with Crippen molar-refractivity contribution in [3.05, 3.63) is 53.3 Å². The lowest BCUT2D eigenvalue weighted by Gasteiger charge is -2.38. The number of amides is 1. The van der Waals surface area contributed by atoms with Crippen LogP contribution in [0.3, 0.4) is 0 Å². The third kappa shape index (κ3) is 4.67. The topological polar surface area (TPSA) is 76.6 Å². The number of rotatable bonds is 4. The summed E-state index contributed by atoms with van der Waals surface area (Å²) >= 11 is 0. The molecule has 0 atom stereocenters. The molecule has 0 bridgehead atoms. The molecule has 7 heteroatoms. The van der Waals surface area contributed by atoms with Crippen LogP contribution in [-0.4, -0.2) is 46.8 Å². The maximum Gasteiger partial charge on any atom is 0.410 e. The molecule has 29 heavy (non-hydrogen) atoms. The third-order valence-corrected chi connectivity index (χ3v) is 5.54. The lowest BCUT2D eigenvalue weighted by Crippen LogP contribution is -2.46. The van der Waals surface area contributed by atoms with E-state index in [1.165, 1.54) is 0 Å². The van der Waals surface area contributed by atoms with Crippen LogP contribution in [0.15, 0.2) is 36.5 Å². The predicted molar refractivity (Wildman–Crippen MR) is 110 cm³/mol. The van der Waals surface area contributed by atoms with Crippen LogP contribution < -0.4 is 5.32 Å². The smallest absolute Gasteiger partial charge is 0.410 e. The minimum Gasteiger partial charge on any atom is -0.445 e. The molecular weight excluding hydrogens is 368 g/mol. The highest BCUT2D eigenvalue weighted by Crippen LogP contribution is 2.33. The van der Waals surface area contributed by atoms with Gasteiger partial charge in [0.2, 0.25) is 5.95 Å². The van der Waals surface area contributed by atoms with Crippen LogP contribution in [0.1, 0.15) is 43.5 Å². The van der Waals surface area contributed by atoms with Crippen molar-refractivity contribution >= 4 is 12.0 Å². The highest BCUT2D eigenvalue weighted by atomic mass is 16.6. The van der Waals surface area contributed by atoms with Gasteiger partial charge in [0.05, 0.1) is 12.2 Å². The van der Waals surface area contributed by atoms with E-state index in [0.717, 1.165) is 42.9 Å². The van der Waals surface area contributed by atoms with Crippen molar-refractivity contribution in [2.75, 3.05) is 25.1 Å². The van der Waals surface area contributed by atoms with E-state index in [1.54, 1.807) is 4.90 Å². The fraction of sp³-hybridized carbons (Fsp3) is 0.500. The Kier molecular flexibility index (Phi) is 5.67. The molecule has 2 aromatic rings.